The van der Waals surface area contributed by atoms with Crippen molar-refractivity contribution in [3.8, 4) is 0 Å². The molecule has 0 spiro atoms. The summed E-state index contributed by atoms with van der Waals surface area (Å²) in [6, 6.07) is 8.27. The first-order valence-corrected chi connectivity index (χ1v) is 7.63. The molecule has 1 heterocycles. The summed E-state index contributed by atoms with van der Waals surface area (Å²) in [5.74, 6) is 1.48. The molecule has 0 fully saturated rings. The highest BCUT2D eigenvalue weighted by Gasteiger charge is 2.20. The van der Waals surface area contributed by atoms with Crippen LogP contribution in [0.15, 0.2) is 33.7 Å². The van der Waals surface area contributed by atoms with Gasteiger partial charge in [0.1, 0.15) is 5.78 Å². The first-order chi connectivity index (χ1) is 9.60. The second kappa shape index (κ2) is 6.70. The predicted molar refractivity (Wildman–Crippen MR) is 78.8 cm³/mol. The quantitative estimate of drug-likeness (QED) is 0.758. The second-order valence-corrected chi connectivity index (χ2v) is 5.74. The van der Waals surface area contributed by atoms with Gasteiger partial charge >= 0.3 is 0 Å². The lowest BCUT2D eigenvalue weighted by Gasteiger charge is -2.01. The number of carbonyl (C=O) groups is 1. The summed E-state index contributed by atoms with van der Waals surface area (Å²) >= 11 is 1.66. The molecule has 4 nitrogen and oxygen atoms in total. The molecule has 0 aliphatic rings. The van der Waals surface area contributed by atoms with Crippen LogP contribution >= 0.6 is 11.8 Å². The van der Waals surface area contributed by atoms with Crippen LogP contribution in [0.5, 0.6) is 0 Å². The lowest BCUT2D eigenvalue weighted by atomic mass is 10.1. The van der Waals surface area contributed by atoms with E-state index in [0.717, 1.165) is 0 Å². The van der Waals surface area contributed by atoms with Crippen LogP contribution in [0.4, 0.5) is 0 Å². The predicted octanol–water partition coefficient (Wildman–Crippen LogP) is 3.75. The minimum Gasteiger partial charge on any atom is -0.339 e. The van der Waals surface area contributed by atoms with Gasteiger partial charge in [-0.05, 0) is 26.0 Å². The van der Waals surface area contributed by atoms with Crippen LogP contribution in [0, 0.1) is 6.92 Å². The highest BCUT2D eigenvalue weighted by molar-refractivity contribution is 7.98. The van der Waals surface area contributed by atoms with Gasteiger partial charge in [0.25, 0.3) is 0 Å². The van der Waals surface area contributed by atoms with Gasteiger partial charge < -0.3 is 4.52 Å². The van der Waals surface area contributed by atoms with Gasteiger partial charge in [-0.1, -0.05) is 29.8 Å². The van der Waals surface area contributed by atoms with Crippen molar-refractivity contribution in [2.75, 3.05) is 0 Å². The van der Waals surface area contributed by atoms with Crippen molar-refractivity contribution in [2.45, 2.75) is 43.8 Å². The molecule has 20 heavy (non-hydrogen) atoms. The van der Waals surface area contributed by atoms with Crippen LogP contribution in [-0.2, 0) is 10.5 Å². The van der Waals surface area contributed by atoms with E-state index in [-0.39, 0.29) is 11.7 Å². The topological polar surface area (TPSA) is 56.0 Å². The first kappa shape index (κ1) is 14.8. The van der Waals surface area contributed by atoms with E-state index < -0.39 is 0 Å². The minimum absolute atomic E-state index is 0.117. The number of aryl methyl sites for hydroxylation is 1. The fraction of sp³-hybridized carbons (Fsp3) is 0.400. The summed E-state index contributed by atoms with van der Waals surface area (Å²) in [5.41, 5.74) is 1.23. The largest absolute Gasteiger partial charge is 0.339 e. The van der Waals surface area contributed by atoms with Gasteiger partial charge in [0, 0.05) is 11.3 Å². The Morgan fingerprint density at radius 3 is 2.95 bits per heavy atom. The van der Waals surface area contributed by atoms with Gasteiger partial charge in [0.05, 0.1) is 11.7 Å². The summed E-state index contributed by atoms with van der Waals surface area (Å²) in [7, 11) is 0. The number of carbonyl (C=O) groups excluding carboxylic acids is 1. The molecule has 1 aromatic heterocycles. The maximum atomic E-state index is 11.6. The average molecular weight is 290 g/mol. The van der Waals surface area contributed by atoms with Crippen molar-refractivity contribution >= 4 is 17.5 Å². The lowest BCUT2D eigenvalue weighted by Crippen LogP contribution is -2.07. The van der Waals surface area contributed by atoms with Crippen LogP contribution in [-0.4, -0.2) is 15.9 Å². The number of benzene rings is 1. The fourth-order valence-electron chi connectivity index (χ4n) is 1.80. The highest BCUT2D eigenvalue weighted by Crippen LogP contribution is 2.23. The maximum Gasteiger partial charge on any atom is 0.236 e. The Morgan fingerprint density at radius 2 is 2.25 bits per heavy atom. The molecule has 0 radical (unpaired) electrons. The molecule has 1 aromatic carbocycles. The van der Waals surface area contributed by atoms with Crippen LogP contribution in [0.3, 0.4) is 0 Å². The molecule has 1 atom stereocenters. The molecule has 0 saturated heterocycles. The van der Waals surface area contributed by atoms with Crippen LogP contribution in [0.1, 0.15) is 43.5 Å². The summed E-state index contributed by atoms with van der Waals surface area (Å²) in [6.45, 7) is 5.70. The van der Waals surface area contributed by atoms with Gasteiger partial charge in [-0.15, -0.1) is 11.8 Å². The minimum atomic E-state index is -0.315. The zero-order valence-electron chi connectivity index (χ0n) is 11.9. The number of hydrogen-bond donors (Lipinski definition) is 0. The van der Waals surface area contributed by atoms with Gasteiger partial charge in [-0.2, -0.15) is 4.98 Å². The van der Waals surface area contributed by atoms with Gasteiger partial charge in [-0.25, -0.2) is 0 Å². The number of rotatable bonds is 6. The SMILES string of the molecule is CCC(=O)C(C)c1nc(CSc2cccc(C)c2)no1. The van der Waals surface area contributed by atoms with E-state index in [0.29, 0.717) is 23.9 Å². The molecule has 1 unspecified atom stereocenters. The molecule has 106 valence electrons. The van der Waals surface area contributed by atoms with Crippen LogP contribution in [0.2, 0.25) is 0 Å². The molecule has 0 N–H and O–H groups in total. The zero-order chi connectivity index (χ0) is 14.5. The fourth-order valence-corrected chi connectivity index (χ4v) is 2.66. The molecular weight excluding hydrogens is 272 g/mol. The summed E-state index contributed by atoms with van der Waals surface area (Å²) in [6.07, 6.45) is 0.483. The molecule has 0 bridgehead atoms. The van der Waals surface area contributed by atoms with E-state index in [1.54, 1.807) is 18.7 Å². The van der Waals surface area contributed by atoms with Crippen LogP contribution in [0.25, 0.3) is 0 Å². The van der Waals surface area contributed by atoms with Crippen molar-refractivity contribution in [3.63, 3.8) is 0 Å². The molecule has 0 aliphatic carbocycles. The zero-order valence-corrected chi connectivity index (χ0v) is 12.7. The van der Waals surface area contributed by atoms with Gasteiger partial charge in [0.2, 0.25) is 5.89 Å². The molecular formula is C15H18N2O2S. The van der Waals surface area contributed by atoms with E-state index in [9.17, 15) is 4.79 Å². The maximum absolute atomic E-state index is 11.6. The number of Topliss-reactive ketones (excluding diaryl/α,β-unsaturated/α-hetero) is 1. The third-order valence-corrected chi connectivity index (χ3v) is 4.03. The monoisotopic (exact) mass is 290 g/mol. The number of aromatic nitrogens is 2. The Hall–Kier alpha value is -1.62. The van der Waals surface area contributed by atoms with E-state index in [2.05, 4.69) is 35.3 Å². The number of ketones is 1. The number of hydrogen-bond acceptors (Lipinski definition) is 5. The number of nitrogens with zero attached hydrogens (tertiary/aromatic N) is 2. The Morgan fingerprint density at radius 1 is 1.45 bits per heavy atom. The van der Waals surface area contributed by atoms with Crippen LogP contribution < -0.4 is 0 Å². The third kappa shape index (κ3) is 3.70. The Kier molecular flexibility index (Phi) is 4.95. The van der Waals surface area contributed by atoms with Gasteiger partial charge in [0.15, 0.2) is 5.82 Å². The summed E-state index contributed by atoms with van der Waals surface area (Å²) < 4.78 is 5.17. The number of thioether (sulfide) groups is 1. The van der Waals surface area contributed by atoms with E-state index in [1.165, 1.54) is 10.5 Å². The lowest BCUT2D eigenvalue weighted by molar-refractivity contribution is -0.120. The molecule has 0 amide bonds. The summed E-state index contributed by atoms with van der Waals surface area (Å²) in [5, 5.41) is 3.93. The standard InChI is InChI=1S/C15H18N2O2S/c1-4-13(18)11(3)15-16-14(17-19-15)9-20-12-7-5-6-10(2)8-12/h5-8,11H,4,9H2,1-3H3. The smallest absolute Gasteiger partial charge is 0.236 e. The molecule has 0 aliphatic heterocycles. The van der Waals surface area contributed by atoms with Gasteiger partial charge in [-0.3, -0.25) is 4.79 Å². The molecule has 2 aromatic rings. The van der Waals surface area contributed by atoms with Crippen molar-refractivity contribution in [1.82, 2.24) is 10.1 Å². The highest BCUT2D eigenvalue weighted by atomic mass is 32.2. The molecule has 5 heteroatoms. The molecule has 2 rings (SSSR count). The normalized spacial score (nSPS) is 12.3. The Bertz CT molecular complexity index is 595. The van der Waals surface area contributed by atoms with E-state index in [1.807, 2.05) is 13.0 Å². The Labute approximate surface area is 123 Å². The van der Waals surface area contributed by atoms with Crippen molar-refractivity contribution in [3.05, 3.63) is 41.5 Å². The van der Waals surface area contributed by atoms with Crippen molar-refractivity contribution < 1.29 is 9.32 Å². The van der Waals surface area contributed by atoms with E-state index >= 15 is 0 Å². The Balaban J connectivity index is 1.98. The second-order valence-electron chi connectivity index (χ2n) is 4.70. The molecule has 0 saturated carbocycles. The average Bonchev–Trinajstić information content (AvgIpc) is 2.92. The van der Waals surface area contributed by atoms with Crippen molar-refractivity contribution in [1.29, 1.82) is 0 Å². The summed E-state index contributed by atoms with van der Waals surface area (Å²) in [4.78, 5) is 17.1. The first-order valence-electron chi connectivity index (χ1n) is 6.64. The third-order valence-electron chi connectivity index (χ3n) is 3.04. The van der Waals surface area contributed by atoms with Crippen molar-refractivity contribution in [2.24, 2.45) is 0 Å². The van der Waals surface area contributed by atoms with E-state index in [4.69, 9.17) is 4.52 Å².